The van der Waals surface area contributed by atoms with Gasteiger partial charge in [0.05, 0.1) is 12.3 Å². The van der Waals surface area contributed by atoms with E-state index in [4.69, 9.17) is 4.74 Å². The minimum Gasteiger partial charge on any atom is -0.365 e. The molecule has 1 aromatic heterocycles. The quantitative estimate of drug-likeness (QED) is 0.567. The summed E-state index contributed by atoms with van der Waals surface area (Å²) >= 11 is 0. The molecule has 3 rings (SSSR count). The van der Waals surface area contributed by atoms with Crippen molar-refractivity contribution in [1.29, 1.82) is 0 Å². The summed E-state index contributed by atoms with van der Waals surface area (Å²) in [6.07, 6.45) is 4.50. The van der Waals surface area contributed by atoms with Crippen molar-refractivity contribution in [3.05, 3.63) is 60.2 Å². The maximum Gasteiger partial charge on any atom is 0.274 e. The van der Waals surface area contributed by atoms with Crippen molar-refractivity contribution in [2.45, 2.75) is 26.4 Å². The van der Waals surface area contributed by atoms with Crippen LogP contribution in [0.25, 0.3) is 0 Å². The third kappa shape index (κ3) is 6.82. The molecule has 1 atom stereocenters. The minimum atomic E-state index is -0.493. The summed E-state index contributed by atoms with van der Waals surface area (Å²) in [6, 6.07) is 9.91. The molecule has 9 heteroatoms. The van der Waals surface area contributed by atoms with Crippen LogP contribution < -0.4 is 0 Å². The maximum absolute atomic E-state index is 13.0. The maximum atomic E-state index is 13.0. The molecular formula is C24H31N5O4. The molecule has 0 saturated carbocycles. The normalized spacial score (nSPS) is 16.4. The number of carbonyl (C=O) groups excluding carboxylic acids is 3. The molecule has 1 aliphatic rings. The second kappa shape index (κ2) is 12.1. The Morgan fingerprint density at radius 1 is 1.12 bits per heavy atom. The number of carbonyl (C=O) groups is 3. The number of hydrogen-bond donors (Lipinski definition) is 0. The molecule has 1 aliphatic heterocycles. The van der Waals surface area contributed by atoms with Gasteiger partial charge in [0.25, 0.3) is 5.91 Å². The second-order valence-corrected chi connectivity index (χ2v) is 7.85. The van der Waals surface area contributed by atoms with Crippen LogP contribution in [0.5, 0.6) is 0 Å². The fourth-order valence-electron chi connectivity index (χ4n) is 3.79. The molecule has 1 saturated heterocycles. The lowest BCUT2D eigenvalue weighted by Crippen LogP contribution is -2.41. The summed E-state index contributed by atoms with van der Waals surface area (Å²) in [5.41, 5.74) is 1.29. The number of benzene rings is 1. The number of ether oxygens (including phenoxy) is 1. The Bertz CT molecular complexity index is 921. The largest absolute Gasteiger partial charge is 0.365 e. The summed E-state index contributed by atoms with van der Waals surface area (Å²) in [4.78, 5) is 51.3. The highest BCUT2D eigenvalue weighted by atomic mass is 16.5. The average Bonchev–Trinajstić information content (AvgIpc) is 3.01. The molecule has 2 heterocycles. The van der Waals surface area contributed by atoms with Gasteiger partial charge in [-0.3, -0.25) is 19.4 Å². The van der Waals surface area contributed by atoms with E-state index in [0.717, 1.165) is 5.56 Å². The molecule has 1 aromatic carbocycles. The van der Waals surface area contributed by atoms with Crippen LogP contribution in [0.15, 0.2) is 48.9 Å². The Labute approximate surface area is 194 Å². The zero-order valence-corrected chi connectivity index (χ0v) is 19.2. The zero-order valence-electron chi connectivity index (χ0n) is 19.2. The molecule has 1 unspecified atom stereocenters. The third-order valence-corrected chi connectivity index (χ3v) is 5.67. The molecule has 0 radical (unpaired) electrons. The first-order valence-corrected chi connectivity index (χ1v) is 11.3. The summed E-state index contributed by atoms with van der Waals surface area (Å²) in [7, 11) is 0. The number of amides is 3. The van der Waals surface area contributed by atoms with Gasteiger partial charge in [0.1, 0.15) is 18.8 Å². The number of nitrogens with zero attached hydrogens (tertiary/aromatic N) is 5. The first-order chi connectivity index (χ1) is 16.0. The minimum absolute atomic E-state index is 0.0753. The summed E-state index contributed by atoms with van der Waals surface area (Å²) in [5.74, 6) is -0.660. The first kappa shape index (κ1) is 24.3. The van der Waals surface area contributed by atoms with E-state index >= 15 is 0 Å². The van der Waals surface area contributed by atoms with Gasteiger partial charge in [-0.15, -0.1) is 0 Å². The highest BCUT2D eigenvalue weighted by Gasteiger charge is 2.32. The van der Waals surface area contributed by atoms with Gasteiger partial charge in [-0.05, 0) is 25.8 Å². The van der Waals surface area contributed by atoms with Gasteiger partial charge in [0.2, 0.25) is 11.8 Å². The van der Waals surface area contributed by atoms with Crippen LogP contribution in [0.1, 0.15) is 29.9 Å². The molecule has 2 aromatic rings. The summed E-state index contributed by atoms with van der Waals surface area (Å²) in [5, 5.41) is 0. The van der Waals surface area contributed by atoms with Gasteiger partial charge >= 0.3 is 0 Å². The van der Waals surface area contributed by atoms with Crippen molar-refractivity contribution in [2.24, 2.45) is 0 Å². The van der Waals surface area contributed by atoms with Gasteiger partial charge < -0.3 is 19.4 Å². The van der Waals surface area contributed by atoms with Crippen molar-refractivity contribution in [3.8, 4) is 0 Å². The van der Waals surface area contributed by atoms with Gasteiger partial charge in [0, 0.05) is 45.1 Å². The van der Waals surface area contributed by atoms with E-state index in [2.05, 4.69) is 9.97 Å². The van der Waals surface area contributed by atoms with E-state index in [9.17, 15) is 14.4 Å². The summed E-state index contributed by atoms with van der Waals surface area (Å²) < 4.78 is 5.94. The van der Waals surface area contributed by atoms with Crippen LogP contribution in [0, 0.1) is 0 Å². The van der Waals surface area contributed by atoms with Gasteiger partial charge in [-0.2, -0.15) is 0 Å². The predicted molar refractivity (Wildman–Crippen MR) is 122 cm³/mol. The van der Waals surface area contributed by atoms with E-state index in [0.29, 0.717) is 32.6 Å². The van der Waals surface area contributed by atoms with Gasteiger partial charge in [-0.25, -0.2) is 4.98 Å². The molecule has 33 heavy (non-hydrogen) atoms. The lowest BCUT2D eigenvalue weighted by molar-refractivity contribution is -0.138. The molecule has 0 spiro atoms. The Morgan fingerprint density at radius 3 is 2.55 bits per heavy atom. The monoisotopic (exact) mass is 453 g/mol. The number of aromatic nitrogens is 2. The molecule has 9 nitrogen and oxygen atoms in total. The Morgan fingerprint density at radius 2 is 1.88 bits per heavy atom. The van der Waals surface area contributed by atoms with Gasteiger partial charge in [-0.1, -0.05) is 30.3 Å². The van der Waals surface area contributed by atoms with Crippen LogP contribution in [0.4, 0.5) is 0 Å². The van der Waals surface area contributed by atoms with E-state index < -0.39 is 6.10 Å². The van der Waals surface area contributed by atoms with Crippen molar-refractivity contribution >= 4 is 17.7 Å². The molecule has 0 bridgehead atoms. The molecule has 176 valence electrons. The van der Waals surface area contributed by atoms with E-state index in [1.807, 2.05) is 44.2 Å². The first-order valence-electron chi connectivity index (χ1n) is 11.3. The molecule has 0 N–H and O–H groups in total. The van der Waals surface area contributed by atoms with E-state index in [1.165, 1.54) is 23.5 Å². The lowest BCUT2D eigenvalue weighted by atomic mass is 10.1. The van der Waals surface area contributed by atoms with Crippen molar-refractivity contribution in [2.75, 3.05) is 45.9 Å². The van der Waals surface area contributed by atoms with Gasteiger partial charge in [0.15, 0.2) is 0 Å². The van der Waals surface area contributed by atoms with E-state index in [1.54, 1.807) is 9.80 Å². The molecular weight excluding hydrogens is 422 g/mol. The zero-order chi connectivity index (χ0) is 23.6. The fourth-order valence-corrected chi connectivity index (χ4v) is 3.79. The predicted octanol–water partition coefficient (Wildman–Crippen LogP) is 1.26. The topological polar surface area (TPSA) is 95.9 Å². The van der Waals surface area contributed by atoms with Crippen molar-refractivity contribution in [1.82, 2.24) is 24.7 Å². The standard InChI is InChI=1S/C24H31N5O4/c1-3-27(4-2)23(31)18-33-20-15-28(13-10-19-8-6-5-7-9-19)22(30)17-29(16-20)24(32)21-14-25-11-12-26-21/h5-9,11-12,14,20H,3-4,10,13,15-18H2,1-2H3. The second-order valence-electron chi connectivity index (χ2n) is 7.85. The molecule has 3 amide bonds. The fraction of sp³-hybridized carbons (Fsp3) is 0.458. The Hall–Kier alpha value is -3.33. The van der Waals surface area contributed by atoms with Crippen molar-refractivity contribution in [3.63, 3.8) is 0 Å². The van der Waals surface area contributed by atoms with Crippen LogP contribution in [-0.4, -0.2) is 94.4 Å². The molecule has 1 fully saturated rings. The van der Waals surface area contributed by atoms with Crippen LogP contribution in [0.3, 0.4) is 0 Å². The number of likely N-dealkylation sites (N-methyl/N-ethyl adjacent to an activating group) is 1. The SMILES string of the molecule is CCN(CC)C(=O)COC1CN(CCc2ccccc2)C(=O)CN(C(=O)c2cnccn2)C1. The van der Waals surface area contributed by atoms with Crippen LogP contribution in [-0.2, 0) is 20.7 Å². The van der Waals surface area contributed by atoms with E-state index in [-0.39, 0.29) is 43.1 Å². The number of rotatable bonds is 9. The smallest absolute Gasteiger partial charge is 0.274 e. The van der Waals surface area contributed by atoms with Crippen LogP contribution >= 0.6 is 0 Å². The Kier molecular flexibility index (Phi) is 8.88. The van der Waals surface area contributed by atoms with Crippen molar-refractivity contribution < 1.29 is 19.1 Å². The number of hydrogen-bond acceptors (Lipinski definition) is 6. The highest BCUT2D eigenvalue weighted by Crippen LogP contribution is 2.13. The Balaban J connectivity index is 1.73. The average molecular weight is 454 g/mol. The lowest BCUT2D eigenvalue weighted by Gasteiger charge is -2.26. The highest BCUT2D eigenvalue weighted by molar-refractivity contribution is 5.95. The molecule has 0 aliphatic carbocycles. The third-order valence-electron chi connectivity index (χ3n) is 5.67. The van der Waals surface area contributed by atoms with Crippen LogP contribution in [0.2, 0.25) is 0 Å². The summed E-state index contributed by atoms with van der Waals surface area (Å²) in [6.45, 7) is 5.85.